The minimum atomic E-state index is -0.761. The van der Waals surface area contributed by atoms with Crippen LogP contribution in [0.25, 0.3) is 11.4 Å². The van der Waals surface area contributed by atoms with Crippen LogP contribution in [0, 0.1) is 22.6 Å². The van der Waals surface area contributed by atoms with Crippen LogP contribution in [-0.2, 0) is 7.05 Å². The summed E-state index contributed by atoms with van der Waals surface area (Å²) >= 11 is 6.18. The molecule has 2 amide bonds. The minimum Gasteiger partial charge on any atom is -0.337 e. The van der Waals surface area contributed by atoms with Crippen molar-refractivity contribution in [1.29, 1.82) is 5.26 Å². The van der Waals surface area contributed by atoms with Crippen LogP contribution in [0.2, 0.25) is 5.02 Å². The van der Waals surface area contributed by atoms with Gasteiger partial charge in [0.25, 0.3) is 0 Å². The lowest BCUT2D eigenvalue weighted by atomic mass is 9.73. The summed E-state index contributed by atoms with van der Waals surface area (Å²) in [5, 5.41) is 19.3. The first-order chi connectivity index (χ1) is 17.7. The molecule has 0 spiro atoms. The van der Waals surface area contributed by atoms with E-state index in [9.17, 15) is 18.8 Å². The Morgan fingerprint density at radius 1 is 1.24 bits per heavy atom. The lowest BCUT2D eigenvalue weighted by Gasteiger charge is -2.41. The molecule has 2 aromatic rings. The normalized spacial score (nSPS) is 23.7. The highest BCUT2D eigenvalue weighted by Gasteiger charge is 2.44. The third-order valence-corrected chi connectivity index (χ3v) is 7.24. The second-order valence-corrected chi connectivity index (χ2v) is 9.88. The lowest BCUT2D eigenvalue weighted by molar-refractivity contribution is 0.106. The lowest BCUT2D eigenvalue weighted by Crippen LogP contribution is -2.55. The van der Waals surface area contributed by atoms with E-state index in [1.54, 1.807) is 18.2 Å². The van der Waals surface area contributed by atoms with Gasteiger partial charge in [-0.05, 0) is 18.6 Å². The highest BCUT2D eigenvalue weighted by atomic mass is 35.5. The number of aromatic nitrogens is 4. The third kappa shape index (κ3) is 4.55. The van der Waals surface area contributed by atoms with E-state index in [1.807, 2.05) is 17.9 Å². The molecule has 0 aromatic carbocycles. The van der Waals surface area contributed by atoms with Crippen LogP contribution in [0.3, 0.4) is 0 Å². The number of piperazine rings is 1. The average molecular weight is 528 g/mol. The van der Waals surface area contributed by atoms with Gasteiger partial charge in [0.2, 0.25) is 5.95 Å². The maximum Gasteiger partial charge on any atom is 0.340 e. The van der Waals surface area contributed by atoms with Gasteiger partial charge in [0.15, 0.2) is 5.82 Å². The number of halogens is 3. The Morgan fingerprint density at radius 2 is 2.00 bits per heavy atom. The predicted octanol–water partition coefficient (Wildman–Crippen LogP) is 3.69. The molecule has 0 bridgehead atoms. The summed E-state index contributed by atoms with van der Waals surface area (Å²) in [6.07, 6.45) is 7.67. The van der Waals surface area contributed by atoms with Gasteiger partial charge in [-0.15, -0.1) is 0 Å². The standard InChI is InChI=1S/C24H24ClF2N9O/c1-24(10-15(12-28)9-16(26)11-24)19-3-4-30-36(19)23(37)35-7-5-34(6-8-35)22-29-14-18(27)20(32-22)21-17(25)13-31-33(21)2/h4,9,11,13-14,19H,3,5-8,10H2,1-2H3/t19-,24?/m0/s1. The zero-order chi connectivity index (χ0) is 26.3. The van der Waals surface area contributed by atoms with Crippen LogP contribution in [-0.4, -0.2) is 74.1 Å². The summed E-state index contributed by atoms with van der Waals surface area (Å²) in [7, 11) is 1.65. The first-order valence-electron chi connectivity index (χ1n) is 11.7. The maximum absolute atomic E-state index is 14.5. The van der Waals surface area contributed by atoms with E-state index in [0.29, 0.717) is 56.2 Å². The number of hydrazone groups is 1. The molecular weight excluding hydrogens is 504 g/mol. The largest absolute Gasteiger partial charge is 0.340 e. The van der Waals surface area contributed by atoms with Crippen LogP contribution in [0.5, 0.6) is 0 Å². The van der Waals surface area contributed by atoms with Gasteiger partial charge in [-0.25, -0.2) is 28.6 Å². The number of allylic oxidation sites excluding steroid dienone is 3. The van der Waals surface area contributed by atoms with E-state index in [2.05, 4.69) is 20.2 Å². The van der Waals surface area contributed by atoms with Gasteiger partial charge in [0.05, 0.1) is 29.5 Å². The quantitative estimate of drug-likeness (QED) is 0.602. The molecule has 1 unspecified atom stereocenters. The fraction of sp³-hybridized carbons (Fsp3) is 0.417. The minimum absolute atomic E-state index is 0.0505. The molecule has 2 atom stereocenters. The van der Waals surface area contributed by atoms with Gasteiger partial charge in [-0.3, -0.25) is 4.68 Å². The number of anilines is 1. The number of rotatable bonds is 3. The second kappa shape index (κ2) is 9.55. The summed E-state index contributed by atoms with van der Waals surface area (Å²) in [5.41, 5.74) is -0.0229. The molecule has 5 rings (SSSR count). The van der Waals surface area contributed by atoms with E-state index < -0.39 is 23.1 Å². The number of carbonyl (C=O) groups is 1. The Kier molecular flexibility index (Phi) is 6.41. The number of amides is 2. The third-order valence-electron chi connectivity index (χ3n) is 6.96. The Labute approximate surface area is 217 Å². The number of carbonyl (C=O) groups excluding carboxylic acids is 1. The Balaban J connectivity index is 1.28. The van der Waals surface area contributed by atoms with Crippen LogP contribution < -0.4 is 4.90 Å². The zero-order valence-corrected chi connectivity index (χ0v) is 21.0. The van der Waals surface area contributed by atoms with Crippen molar-refractivity contribution in [3.63, 3.8) is 0 Å². The molecule has 2 aromatic heterocycles. The van der Waals surface area contributed by atoms with Crippen molar-refractivity contribution in [2.24, 2.45) is 17.6 Å². The van der Waals surface area contributed by atoms with Crippen molar-refractivity contribution in [2.75, 3.05) is 31.1 Å². The summed E-state index contributed by atoms with van der Waals surface area (Å²) in [5.74, 6) is -0.773. The van der Waals surface area contributed by atoms with Gasteiger partial charge in [-0.2, -0.15) is 15.5 Å². The number of nitriles is 1. The molecule has 37 heavy (non-hydrogen) atoms. The van der Waals surface area contributed by atoms with Gasteiger partial charge >= 0.3 is 6.03 Å². The molecule has 0 N–H and O–H groups in total. The molecule has 13 heteroatoms. The number of urea groups is 1. The van der Waals surface area contributed by atoms with Crippen molar-refractivity contribution < 1.29 is 13.6 Å². The van der Waals surface area contributed by atoms with E-state index >= 15 is 0 Å². The highest BCUT2D eigenvalue weighted by molar-refractivity contribution is 6.32. The topological polar surface area (TPSA) is 107 Å². The SMILES string of the molecule is Cn1ncc(Cl)c1-c1nc(N2CCN(C(=O)N3N=CC[C@H]3C3(C)C=C(F)C=C(C#N)C3)CC2)ncc1F. The highest BCUT2D eigenvalue weighted by Crippen LogP contribution is 2.42. The van der Waals surface area contributed by atoms with Crippen molar-refractivity contribution in [3.8, 4) is 17.5 Å². The summed E-state index contributed by atoms with van der Waals surface area (Å²) in [6.45, 7) is 3.41. The van der Waals surface area contributed by atoms with Crippen LogP contribution in [0.15, 0.2) is 41.0 Å². The Hall–Kier alpha value is -3.85. The fourth-order valence-electron chi connectivity index (χ4n) is 5.06. The monoisotopic (exact) mass is 527 g/mol. The molecule has 1 aliphatic carbocycles. The van der Waals surface area contributed by atoms with Crippen LogP contribution in [0.4, 0.5) is 19.5 Å². The van der Waals surface area contributed by atoms with Crippen molar-refractivity contribution in [2.45, 2.75) is 25.8 Å². The average Bonchev–Trinajstić information content (AvgIpc) is 3.51. The zero-order valence-electron chi connectivity index (χ0n) is 20.3. The molecule has 2 aliphatic heterocycles. The summed E-state index contributed by atoms with van der Waals surface area (Å²) in [6, 6.07) is 1.34. The van der Waals surface area contributed by atoms with Crippen molar-refractivity contribution in [1.82, 2.24) is 29.7 Å². The van der Waals surface area contributed by atoms with Crippen molar-refractivity contribution in [3.05, 3.63) is 46.8 Å². The smallest absolute Gasteiger partial charge is 0.337 e. The van der Waals surface area contributed by atoms with Crippen LogP contribution >= 0.6 is 11.6 Å². The molecule has 1 saturated heterocycles. The van der Waals surface area contributed by atoms with Crippen LogP contribution in [0.1, 0.15) is 19.8 Å². The number of aryl methyl sites for hydroxylation is 1. The van der Waals surface area contributed by atoms with E-state index in [0.717, 1.165) is 6.20 Å². The Bertz CT molecular complexity index is 1350. The molecule has 0 saturated carbocycles. The number of hydrogen-bond donors (Lipinski definition) is 0. The second-order valence-electron chi connectivity index (χ2n) is 9.48. The van der Waals surface area contributed by atoms with Gasteiger partial charge < -0.3 is 9.80 Å². The first-order valence-corrected chi connectivity index (χ1v) is 12.1. The van der Waals surface area contributed by atoms with Gasteiger partial charge in [0, 0.05) is 56.9 Å². The molecule has 4 heterocycles. The van der Waals surface area contributed by atoms with E-state index in [-0.39, 0.29) is 16.7 Å². The summed E-state index contributed by atoms with van der Waals surface area (Å²) < 4.78 is 30.2. The van der Waals surface area contributed by atoms with Gasteiger partial charge in [-0.1, -0.05) is 18.5 Å². The molecular formula is C24H24ClF2N9O. The number of hydrogen-bond acceptors (Lipinski definition) is 7. The molecule has 10 nitrogen and oxygen atoms in total. The maximum atomic E-state index is 14.5. The summed E-state index contributed by atoms with van der Waals surface area (Å²) in [4.78, 5) is 25.5. The fourth-order valence-corrected chi connectivity index (χ4v) is 5.32. The predicted molar refractivity (Wildman–Crippen MR) is 133 cm³/mol. The molecule has 3 aliphatic rings. The van der Waals surface area contributed by atoms with Crippen molar-refractivity contribution >= 4 is 29.8 Å². The number of nitrogens with zero attached hydrogens (tertiary/aromatic N) is 9. The molecule has 192 valence electrons. The van der Waals surface area contributed by atoms with E-state index in [1.165, 1.54) is 28.0 Å². The first kappa shape index (κ1) is 24.8. The van der Waals surface area contributed by atoms with Gasteiger partial charge in [0.1, 0.15) is 17.2 Å². The molecule has 0 radical (unpaired) electrons. The Morgan fingerprint density at radius 3 is 2.68 bits per heavy atom. The molecule has 1 fully saturated rings. The van der Waals surface area contributed by atoms with E-state index in [4.69, 9.17) is 11.6 Å².